The zero-order valence-corrected chi connectivity index (χ0v) is 53.5. The molecular formula is C61H80ClF3N6O9S3Si. The lowest BCUT2D eigenvalue weighted by atomic mass is 9.83. The molecule has 84 heavy (non-hydrogen) atoms. The Balaban J connectivity index is 1.01. The number of halogens is 4. The van der Waals surface area contributed by atoms with Gasteiger partial charge in [0, 0.05) is 91.9 Å². The SMILES string of the molecule is CN(CCO[Si](C)(C)C(C)(C)C)CCC(CSc1ccccc1)Nc1ccc(S(=O)(=O)NC(=O)c2ccc(N3CCC([C@@H](O)c4cc(CN5CCN(C(=O)OC(C)(C)C)CC5)ccc4-c4ccc(Cl)cc4)CC3)cc2)cc1S(=O)(=O)C(F)(F)F. The van der Waals surface area contributed by atoms with Crippen molar-refractivity contribution in [3.63, 3.8) is 0 Å². The van der Waals surface area contributed by atoms with Gasteiger partial charge in [0.15, 0.2) is 8.32 Å². The molecule has 0 bridgehead atoms. The Hall–Kier alpha value is -5.17. The van der Waals surface area contributed by atoms with E-state index in [0.717, 1.165) is 45.0 Å². The Labute approximate surface area is 504 Å². The van der Waals surface area contributed by atoms with Crippen molar-refractivity contribution in [2.45, 2.75) is 123 Å². The van der Waals surface area contributed by atoms with Gasteiger partial charge in [0.25, 0.3) is 25.8 Å². The molecule has 2 atom stereocenters. The lowest BCUT2D eigenvalue weighted by molar-refractivity contribution is -0.0436. The first-order chi connectivity index (χ1) is 39.3. The number of amides is 2. The Bertz CT molecular complexity index is 3260. The van der Waals surface area contributed by atoms with Crippen LogP contribution in [0.5, 0.6) is 0 Å². The maximum absolute atomic E-state index is 14.4. The fraction of sp³-hybridized carbons (Fsp3) is 0.475. The van der Waals surface area contributed by atoms with E-state index in [1.54, 1.807) is 17.0 Å². The molecule has 0 radical (unpaired) electrons. The van der Waals surface area contributed by atoms with Crippen molar-refractivity contribution in [1.82, 2.24) is 19.4 Å². The van der Waals surface area contributed by atoms with Crippen LogP contribution in [0.1, 0.15) is 88.4 Å². The number of benzene rings is 5. The number of carbonyl (C=O) groups is 2. The smallest absolute Gasteiger partial charge is 0.444 e. The number of alkyl halides is 3. The highest BCUT2D eigenvalue weighted by Gasteiger charge is 2.49. The number of sulfone groups is 1. The van der Waals surface area contributed by atoms with Crippen LogP contribution < -0.4 is 14.9 Å². The summed E-state index contributed by atoms with van der Waals surface area (Å²) in [5.41, 5.74) is -2.50. The van der Waals surface area contributed by atoms with E-state index in [4.69, 9.17) is 20.8 Å². The van der Waals surface area contributed by atoms with E-state index >= 15 is 0 Å². The van der Waals surface area contributed by atoms with Crippen LogP contribution in [-0.4, -0.2) is 146 Å². The Morgan fingerprint density at radius 2 is 1.46 bits per heavy atom. The number of nitrogens with zero attached hydrogens (tertiary/aromatic N) is 4. The molecule has 1 unspecified atom stereocenters. The van der Waals surface area contributed by atoms with Crippen molar-refractivity contribution in [3.8, 4) is 11.1 Å². The van der Waals surface area contributed by atoms with Crippen molar-refractivity contribution < 1.29 is 53.9 Å². The van der Waals surface area contributed by atoms with Gasteiger partial charge in [-0.25, -0.2) is 26.4 Å². The standard InChI is InChI=1S/C61H80ClF3N6O9S3Si/c1-59(2,3)80-58(74)71-35-33-69(34-36-71)41-43-15-25-52(44-16-20-47(62)21-17-44)53(39-43)56(72)45-27-31-70(32-28-45)49-22-18-46(19-23-49)57(73)67-83(77,78)51-24-26-54(55(40-51)82(75,76)61(63,64)65)66-48(42-81-50-13-11-10-12-14-50)29-30-68(7)37-38-79-84(8,9)60(4,5)6/h10-26,39-40,45,48,56,66,72H,27-38,41-42H2,1-9H3,(H,67,73)/t48?,56-/m1/s1. The first-order valence-corrected chi connectivity index (χ1v) is 35.5. The number of thioether (sulfide) groups is 1. The van der Waals surface area contributed by atoms with E-state index in [1.807, 2.05) is 98.1 Å². The summed E-state index contributed by atoms with van der Waals surface area (Å²) in [6, 6.07) is 31.0. The summed E-state index contributed by atoms with van der Waals surface area (Å²) >= 11 is 7.70. The Kier molecular flexibility index (Phi) is 21.9. The van der Waals surface area contributed by atoms with Gasteiger partial charge in [-0.1, -0.05) is 80.9 Å². The molecule has 2 heterocycles. The number of ether oxygens (including phenoxy) is 1. The number of anilines is 2. The lowest BCUT2D eigenvalue weighted by Crippen LogP contribution is -2.49. The second-order valence-electron chi connectivity index (χ2n) is 24.2. The molecule has 0 spiro atoms. The number of hydrogen-bond donors (Lipinski definition) is 3. The number of sulfonamides is 1. The molecule has 5 aromatic rings. The van der Waals surface area contributed by atoms with Crippen LogP contribution in [0.4, 0.5) is 29.3 Å². The number of carbonyl (C=O) groups excluding carboxylic acids is 2. The molecule has 0 aliphatic carbocycles. The average Bonchev–Trinajstić information content (AvgIpc) is 2.60. The number of rotatable bonds is 22. The summed E-state index contributed by atoms with van der Waals surface area (Å²) in [4.78, 5) is 33.2. The van der Waals surface area contributed by atoms with Gasteiger partial charge in [0.2, 0.25) is 0 Å². The predicted molar refractivity (Wildman–Crippen MR) is 330 cm³/mol. The van der Waals surface area contributed by atoms with E-state index < -0.39 is 72.8 Å². The molecule has 3 N–H and O–H groups in total. The molecular weight excluding hydrogens is 1180 g/mol. The molecule has 458 valence electrons. The molecule has 2 aliphatic rings. The van der Waals surface area contributed by atoms with Gasteiger partial charge >= 0.3 is 11.6 Å². The van der Waals surface area contributed by atoms with Gasteiger partial charge in [-0.05, 0) is 167 Å². The molecule has 2 aliphatic heterocycles. The molecule has 2 fully saturated rings. The highest BCUT2D eigenvalue weighted by molar-refractivity contribution is 7.99. The third-order valence-electron chi connectivity index (χ3n) is 15.7. The van der Waals surface area contributed by atoms with Crippen LogP contribution in [0, 0.1) is 5.92 Å². The summed E-state index contributed by atoms with van der Waals surface area (Å²) in [5, 5.41) is 15.8. The van der Waals surface area contributed by atoms with E-state index in [1.165, 1.54) is 23.9 Å². The van der Waals surface area contributed by atoms with Gasteiger partial charge < -0.3 is 34.3 Å². The monoisotopic (exact) mass is 1260 g/mol. The average molecular weight is 1260 g/mol. The number of piperazine rings is 1. The molecule has 23 heteroatoms. The first-order valence-electron chi connectivity index (χ1n) is 28.2. The summed E-state index contributed by atoms with van der Waals surface area (Å²) in [7, 11) is -11.2. The quantitative estimate of drug-likeness (QED) is 0.0440. The maximum Gasteiger partial charge on any atom is 0.501 e. The van der Waals surface area contributed by atoms with Crippen LogP contribution in [0.2, 0.25) is 23.2 Å². The van der Waals surface area contributed by atoms with Crippen molar-refractivity contribution >= 4 is 74.9 Å². The van der Waals surface area contributed by atoms with Crippen LogP contribution >= 0.6 is 23.4 Å². The first kappa shape index (κ1) is 66.4. The van der Waals surface area contributed by atoms with Crippen molar-refractivity contribution in [3.05, 3.63) is 137 Å². The molecule has 0 aromatic heterocycles. The summed E-state index contributed by atoms with van der Waals surface area (Å²) in [5.74, 6) is -0.865. The Morgan fingerprint density at radius 3 is 2.07 bits per heavy atom. The van der Waals surface area contributed by atoms with E-state index in [0.29, 0.717) is 102 Å². The van der Waals surface area contributed by atoms with E-state index in [-0.39, 0.29) is 22.6 Å². The number of piperidine rings is 1. The van der Waals surface area contributed by atoms with Crippen molar-refractivity contribution in [2.24, 2.45) is 5.92 Å². The highest BCUT2D eigenvalue weighted by Crippen LogP contribution is 2.40. The molecule has 5 aromatic carbocycles. The fourth-order valence-corrected chi connectivity index (χ4v) is 13.9. The lowest BCUT2D eigenvalue weighted by Gasteiger charge is -2.37. The zero-order valence-electron chi connectivity index (χ0n) is 49.3. The van der Waals surface area contributed by atoms with Crippen LogP contribution in [0.3, 0.4) is 0 Å². The second kappa shape index (κ2) is 27.7. The van der Waals surface area contributed by atoms with E-state index in [2.05, 4.69) is 61.1 Å². The number of hydrogen-bond acceptors (Lipinski definition) is 14. The molecule has 15 nitrogen and oxygen atoms in total. The molecule has 7 rings (SSSR count). The third-order valence-corrected chi connectivity index (χ3v) is 24.6. The minimum atomic E-state index is -6.13. The van der Waals surface area contributed by atoms with Crippen LogP contribution in [0.25, 0.3) is 11.1 Å². The van der Waals surface area contributed by atoms with Crippen LogP contribution in [-0.2, 0) is 35.6 Å². The van der Waals surface area contributed by atoms with Gasteiger partial charge in [-0.2, -0.15) is 13.2 Å². The number of likely N-dealkylation sites (N-methyl/N-ethyl adjacent to an activating group) is 1. The van der Waals surface area contributed by atoms with Crippen LogP contribution in [0.15, 0.2) is 130 Å². The topological polar surface area (TPSA) is 178 Å². The number of aliphatic hydroxyl groups excluding tert-OH is 1. The van der Waals surface area contributed by atoms with Gasteiger partial charge in [-0.3, -0.25) is 9.69 Å². The predicted octanol–water partition coefficient (Wildman–Crippen LogP) is 12.3. The van der Waals surface area contributed by atoms with E-state index in [9.17, 15) is 44.7 Å². The molecule has 2 amide bonds. The number of aliphatic hydroxyl groups is 1. The Morgan fingerprint density at radius 1 is 0.821 bits per heavy atom. The zero-order chi connectivity index (χ0) is 61.4. The second-order valence-corrected chi connectivity index (χ2v) is 34.1. The van der Waals surface area contributed by atoms with Gasteiger partial charge in [0.1, 0.15) is 10.5 Å². The minimum Gasteiger partial charge on any atom is -0.444 e. The summed E-state index contributed by atoms with van der Waals surface area (Å²) in [6.45, 7) is 22.0. The molecule has 2 saturated heterocycles. The van der Waals surface area contributed by atoms with Crippen molar-refractivity contribution in [2.75, 3.05) is 82.0 Å². The van der Waals surface area contributed by atoms with Crippen molar-refractivity contribution in [1.29, 1.82) is 0 Å². The molecule has 0 saturated carbocycles. The highest BCUT2D eigenvalue weighted by atomic mass is 35.5. The maximum atomic E-state index is 14.4. The normalized spacial score (nSPS) is 16.1. The summed E-state index contributed by atoms with van der Waals surface area (Å²) in [6.07, 6.45) is 0.487. The van der Waals surface area contributed by atoms with Gasteiger partial charge in [-0.15, -0.1) is 11.8 Å². The van der Waals surface area contributed by atoms with Gasteiger partial charge in [0.05, 0.1) is 16.7 Å². The summed E-state index contributed by atoms with van der Waals surface area (Å²) < 4.78 is 111. The third kappa shape index (κ3) is 17.7. The fourth-order valence-electron chi connectivity index (χ4n) is 9.74. The minimum absolute atomic E-state index is 0.0166. The largest absolute Gasteiger partial charge is 0.501 e. The number of nitrogens with one attached hydrogen (secondary N) is 2.